The number of methoxy groups -OCH3 is 1. The maximum absolute atomic E-state index is 15.5. The first-order valence-electron chi connectivity index (χ1n) is 11.8. The lowest BCUT2D eigenvalue weighted by Gasteiger charge is -2.27. The molecule has 1 aliphatic rings. The van der Waals surface area contributed by atoms with Gasteiger partial charge in [-0.15, -0.1) is 0 Å². The van der Waals surface area contributed by atoms with Crippen molar-refractivity contribution in [3.05, 3.63) is 76.1 Å². The van der Waals surface area contributed by atoms with E-state index in [4.69, 9.17) is 10.00 Å². The zero-order chi connectivity index (χ0) is 25.9. The minimum Gasteiger partial charge on any atom is -0.496 e. The minimum atomic E-state index is -0.639. The lowest BCUT2D eigenvalue weighted by Crippen LogP contribution is -2.35. The molecule has 0 saturated carbocycles. The van der Waals surface area contributed by atoms with Crippen LogP contribution in [0.4, 0.5) is 15.9 Å². The van der Waals surface area contributed by atoms with Gasteiger partial charge < -0.3 is 19.9 Å². The lowest BCUT2D eigenvalue weighted by atomic mass is 10.0. The SMILES string of the molecule is COc1cc(-c2cc(Nc3ccc(C#N)cn3)c3c(=O)[nH]ccc3n2)c(F)cc1C(=O)N1CCCCC1. The molecule has 4 aromatic rings. The Hall–Kier alpha value is -4.78. The van der Waals surface area contributed by atoms with E-state index in [1.54, 1.807) is 29.2 Å². The third-order valence-corrected chi connectivity index (χ3v) is 6.32. The Balaban J connectivity index is 1.60. The topological polar surface area (TPSA) is 124 Å². The number of carbonyl (C=O) groups is 1. The smallest absolute Gasteiger partial charge is 0.259 e. The molecule has 1 amide bonds. The summed E-state index contributed by atoms with van der Waals surface area (Å²) in [6.07, 6.45) is 5.76. The van der Waals surface area contributed by atoms with Crippen LogP contribution in [0.15, 0.2) is 53.6 Å². The van der Waals surface area contributed by atoms with E-state index in [0.717, 1.165) is 19.3 Å². The molecule has 0 atom stereocenters. The number of pyridine rings is 3. The Morgan fingerprint density at radius 3 is 2.70 bits per heavy atom. The van der Waals surface area contributed by atoms with Crippen molar-refractivity contribution >= 4 is 28.3 Å². The number of hydrogen-bond donors (Lipinski definition) is 2. The monoisotopic (exact) mass is 498 g/mol. The van der Waals surface area contributed by atoms with Gasteiger partial charge in [-0.05, 0) is 55.7 Å². The number of rotatable bonds is 5. The number of ether oxygens (including phenoxy) is 1. The molecule has 186 valence electrons. The second-order valence-electron chi connectivity index (χ2n) is 8.68. The van der Waals surface area contributed by atoms with Gasteiger partial charge in [0.25, 0.3) is 11.5 Å². The predicted molar refractivity (Wildman–Crippen MR) is 136 cm³/mol. The van der Waals surface area contributed by atoms with E-state index < -0.39 is 5.82 Å². The van der Waals surface area contributed by atoms with Crippen molar-refractivity contribution in [1.29, 1.82) is 5.26 Å². The molecule has 4 heterocycles. The van der Waals surface area contributed by atoms with Crippen molar-refractivity contribution in [2.75, 3.05) is 25.5 Å². The first-order valence-corrected chi connectivity index (χ1v) is 11.8. The number of aromatic nitrogens is 3. The fraction of sp³-hybridized carbons (Fsp3) is 0.222. The maximum Gasteiger partial charge on any atom is 0.259 e. The molecule has 1 saturated heterocycles. The van der Waals surface area contributed by atoms with Gasteiger partial charge in [-0.2, -0.15) is 5.26 Å². The second kappa shape index (κ2) is 10.1. The van der Waals surface area contributed by atoms with Crippen molar-refractivity contribution in [2.45, 2.75) is 19.3 Å². The van der Waals surface area contributed by atoms with Gasteiger partial charge in [0, 0.05) is 31.0 Å². The van der Waals surface area contributed by atoms with E-state index in [1.165, 1.54) is 31.6 Å². The second-order valence-corrected chi connectivity index (χ2v) is 8.68. The summed E-state index contributed by atoms with van der Waals surface area (Å²) >= 11 is 0. The van der Waals surface area contributed by atoms with E-state index in [2.05, 4.69) is 20.3 Å². The van der Waals surface area contributed by atoms with Crippen LogP contribution in [0.25, 0.3) is 22.2 Å². The number of H-pyrrole nitrogens is 1. The highest BCUT2D eigenvalue weighted by Crippen LogP contribution is 2.34. The molecule has 1 fully saturated rings. The van der Waals surface area contributed by atoms with Crippen molar-refractivity contribution in [3.8, 4) is 23.1 Å². The number of nitriles is 1. The number of amides is 1. The van der Waals surface area contributed by atoms with Gasteiger partial charge in [0.1, 0.15) is 23.5 Å². The van der Waals surface area contributed by atoms with E-state index in [-0.39, 0.29) is 39.4 Å². The van der Waals surface area contributed by atoms with Gasteiger partial charge in [0.2, 0.25) is 0 Å². The largest absolute Gasteiger partial charge is 0.496 e. The molecule has 3 aromatic heterocycles. The quantitative estimate of drug-likeness (QED) is 0.419. The van der Waals surface area contributed by atoms with Crippen LogP contribution < -0.4 is 15.6 Å². The molecule has 0 spiro atoms. The summed E-state index contributed by atoms with van der Waals surface area (Å²) in [6, 6.07) is 11.0. The highest BCUT2D eigenvalue weighted by Gasteiger charge is 2.24. The van der Waals surface area contributed by atoms with Gasteiger partial charge in [0.15, 0.2) is 0 Å². The van der Waals surface area contributed by atoms with E-state index in [9.17, 15) is 9.59 Å². The molecular formula is C27H23FN6O3. The number of likely N-dealkylation sites (tertiary alicyclic amines) is 1. The molecule has 0 aliphatic carbocycles. The van der Waals surface area contributed by atoms with Gasteiger partial charge in [0.05, 0.1) is 40.5 Å². The van der Waals surface area contributed by atoms with Crippen LogP contribution in [0.1, 0.15) is 35.2 Å². The van der Waals surface area contributed by atoms with Crippen LogP contribution in [0.5, 0.6) is 5.75 Å². The summed E-state index contributed by atoms with van der Waals surface area (Å²) in [5.41, 5.74) is 1.20. The van der Waals surface area contributed by atoms with E-state index in [0.29, 0.717) is 35.7 Å². The van der Waals surface area contributed by atoms with E-state index in [1.807, 2.05) is 6.07 Å². The average Bonchev–Trinajstić information content (AvgIpc) is 2.93. The fourth-order valence-electron chi connectivity index (χ4n) is 4.45. The number of aromatic amines is 1. The van der Waals surface area contributed by atoms with Crippen LogP contribution in [0.3, 0.4) is 0 Å². The summed E-state index contributed by atoms with van der Waals surface area (Å²) in [6.45, 7) is 1.26. The average molecular weight is 499 g/mol. The molecule has 0 radical (unpaired) electrons. The molecule has 9 nitrogen and oxygen atoms in total. The first kappa shape index (κ1) is 23.9. The van der Waals surface area contributed by atoms with E-state index >= 15 is 4.39 Å². The number of anilines is 2. The third-order valence-electron chi connectivity index (χ3n) is 6.32. The molecule has 5 rings (SSSR count). The Morgan fingerprint density at radius 1 is 1.19 bits per heavy atom. The number of nitrogens with one attached hydrogen (secondary N) is 2. The normalized spacial score (nSPS) is 13.3. The zero-order valence-electron chi connectivity index (χ0n) is 20.0. The molecule has 1 aromatic carbocycles. The van der Waals surface area contributed by atoms with Crippen LogP contribution in [-0.2, 0) is 0 Å². The standard InChI is InChI=1S/C27H23FN6O3/c1-37-23-12-17(19(28)11-18(23)27(36)34-9-3-2-4-10-34)21-13-22(25-20(32-21)7-8-30-26(25)35)33-24-6-5-16(14-29)15-31-24/h5-8,11-13,15H,2-4,9-10H2,1H3,(H,30,35)(H,31,32,33). The summed E-state index contributed by atoms with van der Waals surface area (Å²) in [5.74, 6) is -0.279. The number of fused-ring (bicyclic) bond motifs is 1. The van der Waals surface area contributed by atoms with Gasteiger partial charge in [-0.25, -0.2) is 14.4 Å². The molecule has 2 N–H and O–H groups in total. The van der Waals surface area contributed by atoms with Crippen molar-refractivity contribution in [1.82, 2.24) is 19.9 Å². The molecular weight excluding hydrogens is 475 g/mol. The highest BCUT2D eigenvalue weighted by atomic mass is 19.1. The molecule has 0 bridgehead atoms. The lowest BCUT2D eigenvalue weighted by molar-refractivity contribution is 0.0720. The number of benzene rings is 1. The van der Waals surface area contributed by atoms with Gasteiger partial charge in [-0.3, -0.25) is 9.59 Å². The van der Waals surface area contributed by atoms with Crippen LogP contribution in [-0.4, -0.2) is 46.0 Å². The highest BCUT2D eigenvalue weighted by molar-refractivity contribution is 5.98. The number of carbonyl (C=O) groups excluding carboxylic acids is 1. The number of piperidine rings is 1. The Bertz CT molecular complexity index is 1590. The molecule has 37 heavy (non-hydrogen) atoms. The van der Waals surface area contributed by atoms with Gasteiger partial charge in [-0.1, -0.05) is 0 Å². The Morgan fingerprint density at radius 2 is 2.00 bits per heavy atom. The summed E-state index contributed by atoms with van der Waals surface area (Å²) in [7, 11) is 1.43. The van der Waals surface area contributed by atoms with Crippen molar-refractivity contribution in [3.63, 3.8) is 0 Å². The van der Waals surface area contributed by atoms with Gasteiger partial charge >= 0.3 is 0 Å². The number of nitrogens with zero attached hydrogens (tertiary/aromatic N) is 4. The summed E-state index contributed by atoms with van der Waals surface area (Å²) in [4.78, 5) is 38.8. The predicted octanol–water partition coefficient (Wildman–Crippen LogP) is 4.37. The molecule has 0 unspecified atom stereocenters. The number of halogens is 1. The minimum absolute atomic E-state index is 0.116. The zero-order valence-corrected chi connectivity index (χ0v) is 20.0. The fourth-order valence-corrected chi connectivity index (χ4v) is 4.45. The summed E-state index contributed by atoms with van der Waals surface area (Å²) < 4.78 is 21.0. The van der Waals surface area contributed by atoms with Crippen LogP contribution >= 0.6 is 0 Å². The summed E-state index contributed by atoms with van der Waals surface area (Å²) in [5, 5.41) is 12.4. The van der Waals surface area contributed by atoms with Crippen molar-refractivity contribution in [2.24, 2.45) is 0 Å². The number of hydrogen-bond acceptors (Lipinski definition) is 7. The van der Waals surface area contributed by atoms with Crippen molar-refractivity contribution < 1.29 is 13.9 Å². The maximum atomic E-state index is 15.5. The molecule has 10 heteroatoms. The van der Waals surface area contributed by atoms with Crippen LogP contribution in [0.2, 0.25) is 0 Å². The van der Waals surface area contributed by atoms with Crippen LogP contribution in [0, 0.1) is 17.1 Å². The Kier molecular flexibility index (Phi) is 6.51. The molecule has 1 aliphatic heterocycles. The first-order chi connectivity index (χ1) is 18.0. The Labute approximate surface area is 211 Å². The third kappa shape index (κ3) is 4.71.